The Labute approximate surface area is 109 Å². The fourth-order valence-corrected chi connectivity index (χ4v) is 2.07. The molecule has 0 spiro atoms. The molecule has 1 rings (SSSR count). The van der Waals surface area contributed by atoms with Crippen molar-refractivity contribution in [3.63, 3.8) is 0 Å². The van der Waals surface area contributed by atoms with Crippen LogP contribution in [0, 0.1) is 6.92 Å². The van der Waals surface area contributed by atoms with Gasteiger partial charge >= 0.3 is 5.97 Å². The Morgan fingerprint density at radius 2 is 2.24 bits per heavy atom. The summed E-state index contributed by atoms with van der Waals surface area (Å²) in [6.07, 6.45) is 0.477. The molecular formula is C12H16BrNO3. The van der Waals surface area contributed by atoms with Gasteiger partial charge in [-0.2, -0.15) is 0 Å². The van der Waals surface area contributed by atoms with Crippen LogP contribution in [-0.2, 0) is 4.79 Å². The summed E-state index contributed by atoms with van der Waals surface area (Å²) in [6.45, 7) is 1.94. The Morgan fingerprint density at radius 3 is 2.76 bits per heavy atom. The average Bonchev–Trinajstić information content (AvgIpc) is 2.29. The van der Waals surface area contributed by atoms with E-state index < -0.39 is 5.97 Å². The first-order chi connectivity index (χ1) is 7.95. The second-order valence-electron chi connectivity index (χ2n) is 3.86. The summed E-state index contributed by atoms with van der Waals surface area (Å²) in [7, 11) is 1.59. The third-order valence-corrected chi connectivity index (χ3v) is 3.49. The molecule has 0 heterocycles. The largest absolute Gasteiger partial charge is 0.497 e. The number of hydrogen-bond donors (Lipinski definition) is 2. The van der Waals surface area contributed by atoms with Crippen LogP contribution in [0.2, 0.25) is 0 Å². The number of ether oxygens (including phenoxy) is 1. The van der Waals surface area contributed by atoms with Gasteiger partial charge in [0.25, 0.3) is 0 Å². The van der Waals surface area contributed by atoms with E-state index >= 15 is 0 Å². The van der Waals surface area contributed by atoms with E-state index in [9.17, 15) is 4.79 Å². The lowest BCUT2D eigenvalue weighted by Gasteiger charge is -2.16. The van der Waals surface area contributed by atoms with Crippen LogP contribution in [0.25, 0.3) is 0 Å². The number of methoxy groups -OCH3 is 1. The lowest BCUT2D eigenvalue weighted by molar-refractivity contribution is -0.137. The first kappa shape index (κ1) is 14.0. The van der Waals surface area contributed by atoms with Crippen LogP contribution in [-0.4, -0.2) is 18.2 Å². The second-order valence-corrected chi connectivity index (χ2v) is 4.72. The van der Waals surface area contributed by atoms with Crippen LogP contribution < -0.4 is 10.5 Å². The van der Waals surface area contributed by atoms with Crippen molar-refractivity contribution in [2.24, 2.45) is 5.73 Å². The fourth-order valence-electron chi connectivity index (χ4n) is 1.61. The first-order valence-corrected chi connectivity index (χ1v) is 6.06. The summed E-state index contributed by atoms with van der Waals surface area (Å²) >= 11 is 3.43. The minimum Gasteiger partial charge on any atom is -0.497 e. The molecule has 0 saturated carbocycles. The maximum absolute atomic E-state index is 10.5. The molecule has 17 heavy (non-hydrogen) atoms. The third-order valence-electron chi connectivity index (χ3n) is 2.66. The van der Waals surface area contributed by atoms with Gasteiger partial charge in [-0.3, -0.25) is 4.79 Å². The topological polar surface area (TPSA) is 72.5 Å². The Balaban J connectivity index is 2.95. The number of rotatable bonds is 5. The lowest BCUT2D eigenvalue weighted by atomic mass is 9.98. The first-order valence-electron chi connectivity index (χ1n) is 5.27. The molecule has 94 valence electrons. The Morgan fingerprint density at radius 1 is 1.59 bits per heavy atom. The van der Waals surface area contributed by atoms with Gasteiger partial charge in [0.1, 0.15) is 5.75 Å². The van der Waals surface area contributed by atoms with Crippen molar-refractivity contribution in [3.05, 3.63) is 27.7 Å². The molecule has 0 amide bonds. The Hall–Kier alpha value is -1.07. The van der Waals surface area contributed by atoms with Crippen LogP contribution >= 0.6 is 15.9 Å². The number of hydrogen-bond acceptors (Lipinski definition) is 3. The van der Waals surface area contributed by atoms with Gasteiger partial charge in [0, 0.05) is 16.9 Å². The van der Waals surface area contributed by atoms with E-state index in [1.54, 1.807) is 7.11 Å². The normalized spacial score (nSPS) is 12.2. The zero-order valence-corrected chi connectivity index (χ0v) is 11.5. The number of carboxylic acid groups (broad SMARTS) is 1. The number of halogens is 1. The van der Waals surface area contributed by atoms with Gasteiger partial charge in [0.05, 0.1) is 7.11 Å². The quantitative estimate of drug-likeness (QED) is 0.877. The van der Waals surface area contributed by atoms with Crippen LogP contribution in [0.1, 0.15) is 30.0 Å². The molecule has 1 aromatic carbocycles. The van der Waals surface area contributed by atoms with E-state index in [2.05, 4.69) is 15.9 Å². The number of carbonyl (C=O) groups is 1. The molecule has 4 nitrogen and oxygen atoms in total. The van der Waals surface area contributed by atoms with Gasteiger partial charge in [0.15, 0.2) is 0 Å². The minimum atomic E-state index is -0.833. The van der Waals surface area contributed by atoms with Gasteiger partial charge in [-0.15, -0.1) is 0 Å². The van der Waals surface area contributed by atoms with Gasteiger partial charge < -0.3 is 15.6 Å². The lowest BCUT2D eigenvalue weighted by Crippen LogP contribution is -2.14. The molecule has 0 bridgehead atoms. The highest BCUT2D eigenvalue weighted by Gasteiger charge is 2.14. The highest BCUT2D eigenvalue weighted by Crippen LogP contribution is 2.30. The van der Waals surface area contributed by atoms with Crippen LogP contribution in [0.3, 0.4) is 0 Å². The second kappa shape index (κ2) is 6.02. The van der Waals surface area contributed by atoms with Crippen molar-refractivity contribution in [3.8, 4) is 5.75 Å². The maximum atomic E-state index is 10.5. The van der Waals surface area contributed by atoms with Gasteiger partial charge in [-0.05, 0) is 36.6 Å². The average molecular weight is 302 g/mol. The van der Waals surface area contributed by atoms with E-state index in [4.69, 9.17) is 15.6 Å². The molecule has 0 radical (unpaired) electrons. The molecule has 3 N–H and O–H groups in total. The highest BCUT2D eigenvalue weighted by molar-refractivity contribution is 9.10. The smallest absolute Gasteiger partial charge is 0.303 e. The highest BCUT2D eigenvalue weighted by atomic mass is 79.9. The van der Waals surface area contributed by atoms with E-state index in [0.717, 1.165) is 15.6 Å². The van der Waals surface area contributed by atoms with Crippen molar-refractivity contribution in [1.29, 1.82) is 0 Å². The molecule has 0 aromatic heterocycles. The zero-order valence-electron chi connectivity index (χ0n) is 9.87. The molecule has 1 unspecified atom stereocenters. The molecule has 0 aliphatic carbocycles. The van der Waals surface area contributed by atoms with Crippen molar-refractivity contribution < 1.29 is 14.6 Å². The molecule has 5 heteroatoms. The number of aliphatic carboxylic acids is 1. The molecule has 0 aliphatic rings. The van der Waals surface area contributed by atoms with E-state index in [1.165, 1.54) is 0 Å². The van der Waals surface area contributed by atoms with Crippen molar-refractivity contribution in [2.75, 3.05) is 7.11 Å². The zero-order chi connectivity index (χ0) is 13.0. The van der Waals surface area contributed by atoms with Gasteiger partial charge in [-0.1, -0.05) is 15.9 Å². The molecule has 0 saturated heterocycles. The summed E-state index contributed by atoms with van der Waals surface area (Å²) in [5.41, 5.74) is 7.93. The SMILES string of the molecule is COc1cc(Br)c(C)c(C(N)CCC(=O)O)c1. The fraction of sp³-hybridized carbons (Fsp3) is 0.417. The maximum Gasteiger partial charge on any atom is 0.303 e. The number of carboxylic acids is 1. The summed E-state index contributed by atoms with van der Waals surface area (Å²) < 4.78 is 6.08. The summed E-state index contributed by atoms with van der Waals surface area (Å²) in [5, 5.41) is 8.64. The standard InChI is InChI=1S/C12H16BrNO3/c1-7-9(11(14)3-4-12(15)16)5-8(17-2)6-10(7)13/h5-6,11H,3-4,14H2,1-2H3,(H,15,16). The Bertz CT molecular complexity index is 420. The van der Waals surface area contributed by atoms with Crippen LogP contribution in [0.15, 0.2) is 16.6 Å². The molecule has 1 aromatic rings. The number of nitrogens with two attached hydrogens (primary N) is 1. The molecular weight excluding hydrogens is 286 g/mol. The Kier molecular flexibility index (Phi) is 4.96. The van der Waals surface area contributed by atoms with Gasteiger partial charge in [0.2, 0.25) is 0 Å². The van der Waals surface area contributed by atoms with Crippen molar-refractivity contribution in [2.45, 2.75) is 25.8 Å². The predicted octanol–water partition coefficient (Wildman–Crippen LogP) is 2.63. The monoisotopic (exact) mass is 301 g/mol. The van der Waals surface area contributed by atoms with Crippen LogP contribution in [0.5, 0.6) is 5.75 Å². The van der Waals surface area contributed by atoms with Gasteiger partial charge in [-0.25, -0.2) is 0 Å². The summed E-state index contributed by atoms with van der Waals surface area (Å²) in [4.78, 5) is 10.5. The molecule has 1 atom stereocenters. The summed E-state index contributed by atoms with van der Waals surface area (Å²) in [6, 6.07) is 3.42. The van der Waals surface area contributed by atoms with Crippen molar-refractivity contribution in [1.82, 2.24) is 0 Å². The molecule has 0 aliphatic heterocycles. The third kappa shape index (κ3) is 3.71. The summed E-state index contributed by atoms with van der Waals surface area (Å²) in [5.74, 6) is -0.122. The van der Waals surface area contributed by atoms with Crippen LogP contribution in [0.4, 0.5) is 0 Å². The van der Waals surface area contributed by atoms with E-state index in [0.29, 0.717) is 12.2 Å². The minimum absolute atomic E-state index is 0.0649. The van der Waals surface area contributed by atoms with E-state index in [-0.39, 0.29) is 12.5 Å². The van der Waals surface area contributed by atoms with E-state index in [1.807, 2.05) is 19.1 Å². The number of benzene rings is 1. The van der Waals surface area contributed by atoms with Crippen molar-refractivity contribution >= 4 is 21.9 Å². The predicted molar refractivity (Wildman–Crippen MR) is 69.2 cm³/mol. The molecule has 0 fully saturated rings.